The van der Waals surface area contributed by atoms with Crippen LogP contribution in [0.25, 0.3) is 10.6 Å². The highest BCUT2D eigenvalue weighted by Gasteiger charge is 2.64. The average molecular weight is 386 g/mol. The first kappa shape index (κ1) is 16.6. The standard InChI is InChI=1S/C18H18N4O4S/c1-9(23)16-20-21-17(25-16)11-8-18(11)6-10(7-18)19-15(24)13-5-12(22-26-13)14-3-2-4-27-14/h2-5,9-11,23H,6-8H2,1H3,(H,19,24)/t9-,10?,11?,18?/m1/s1. The van der Waals surface area contributed by atoms with Crippen LogP contribution in [0, 0.1) is 5.41 Å². The maximum atomic E-state index is 12.4. The topological polar surface area (TPSA) is 114 Å². The minimum absolute atomic E-state index is 0.108. The molecule has 0 aliphatic heterocycles. The highest BCUT2D eigenvalue weighted by atomic mass is 32.1. The molecular formula is C18H18N4O4S. The third kappa shape index (κ3) is 2.87. The SMILES string of the molecule is C[C@@H](O)c1nnc(C2CC23CC(NC(=O)c2cc(-c4cccs4)no2)C3)o1. The molecule has 3 heterocycles. The van der Waals surface area contributed by atoms with Gasteiger partial charge in [0.1, 0.15) is 11.8 Å². The van der Waals surface area contributed by atoms with Crippen LogP contribution in [0.1, 0.15) is 60.5 Å². The van der Waals surface area contributed by atoms with Crippen molar-refractivity contribution in [2.24, 2.45) is 5.41 Å². The molecule has 2 N–H and O–H groups in total. The molecule has 2 atom stereocenters. The Labute approximate surface area is 158 Å². The third-order valence-corrected chi connectivity index (χ3v) is 6.34. The summed E-state index contributed by atoms with van der Waals surface area (Å²) >= 11 is 1.55. The molecule has 5 rings (SSSR count). The number of hydrogen-bond donors (Lipinski definition) is 2. The molecule has 2 saturated carbocycles. The second-order valence-corrected chi connectivity index (χ2v) is 8.35. The molecule has 2 aliphatic rings. The van der Waals surface area contributed by atoms with Crippen molar-refractivity contribution in [1.29, 1.82) is 0 Å². The van der Waals surface area contributed by atoms with Crippen molar-refractivity contribution in [3.05, 3.63) is 41.1 Å². The zero-order valence-electron chi connectivity index (χ0n) is 14.6. The van der Waals surface area contributed by atoms with Crippen LogP contribution in [-0.2, 0) is 0 Å². The van der Waals surface area contributed by atoms with Gasteiger partial charge in [0.2, 0.25) is 17.5 Å². The van der Waals surface area contributed by atoms with Crippen molar-refractivity contribution in [1.82, 2.24) is 20.7 Å². The van der Waals surface area contributed by atoms with E-state index in [2.05, 4.69) is 20.7 Å². The Kier molecular flexibility index (Phi) is 3.70. The first-order valence-corrected chi connectivity index (χ1v) is 9.75. The van der Waals surface area contributed by atoms with E-state index in [0.717, 1.165) is 24.1 Å². The molecule has 3 aromatic heterocycles. The van der Waals surface area contributed by atoms with E-state index < -0.39 is 6.10 Å². The van der Waals surface area contributed by atoms with E-state index in [-0.39, 0.29) is 34.9 Å². The number of amides is 1. The summed E-state index contributed by atoms with van der Waals surface area (Å²) in [6, 6.07) is 5.65. The van der Waals surface area contributed by atoms with Crippen LogP contribution < -0.4 is 5.32 Å². The van der Waals surface area contributed by atoms with E-state index >= 15 is 0 Å². The van der Waals surface area contributed by atoms with Gasteiger partial charge in [-0.3, -0.25) is 4.79 Å². The van der Waals surface area contributed by atoms with Crippen molar-refractivity contribution in [2.75, 3.05) is 0 Å². The number of hydrogen-bond acceptors (Lipinski definition) is 8. The molecule has 9 heteroatoms. The second kappa shape index (κ2) is 6.00. The molecule has 1 amide bonds. The molecule has 140 valence electrons. The normalized spacial score (nSPS) is 27.3. The fourth-order valence-corrected chi connectivity index (χ4v) is 4.58. The van der Waals surface area contributed by atoms with E-state index in [1.807, 2.05) is 17.5 Å². The smallest absolute Gasteiger partial charge is 0.290 e. The molecule has 0 radical (unpaired) electrons. The number of aromatic nitrogens is 3. The van der Waals surface area contributed by atoms with E-state index in [1.54, 1.807) is 24.3 Å². The van der Waals surface area contributed by atoms with Gasteiger partial charge in [-0.1, -0.05) is 11.2 Å². The lowest BCUT2D eigenvalue weighted by atomic mass is 9.75. The van der Waals surface area contributed by atoms with Crippen LogP contribution in [-0.4, -0.2) is 32.4 Å². The van der Waals surface area contributed by atoms with Gasteiger partial charge in [-0.15, -0.1) is 21.5 Å². The molecule has 3 aromatic rings. The second-order valence-electron chi connectivity index (χ2n) is 7.41. The van der Waals surface area contributed by atoms with Crippen LogP contribution in [0.15, 0.2) is 32.5 Å². The highest BCUT2D eigenvalue weighted by Crippen LogP contribution is 2.69. The fourth-order valence-electron chi connectivity index (χ4n) is 3.91. The van der Waals surface area contributed by atoms with E-state index in [9.17, 15) is 9.90 Å². The quantitative estimate of drug-likeness (QED) is 0.693. The predicted molar refractivity (Wildman–Crippen MR) is 95.0 cm³/mol. The zero-order valence-corrected chi connectivity index (χ0v) is 15.4. The lowest BCUT2D eigenvalue weighted by Gasteiger charge is -2.36. The summed E-state index contributed by atoms with van der Waals surface area (Å²) < 4.78 is 10.7. The fraction of sp³-hybridized carbons (Fsp3) is 0.444. The van der Waals surface area contributed by atoms with Crippen LogP contribution in [0.2, 0.25) is 0 Å². The van der Waals surface area contributed by atoms with Crippen molar-refractivity contribution in [2.45, 2.75) is 44.2 Å². The summed E-state index contributed by atoms with van der Waals surface area (Å²) in [5.74, 6) is 1.05. The molecule has 1 spiro atoms. The first-order valence-electron chi connectivity index (χ1n) is 8.87. The summed E-state index contributed by atoms with van der Waals surface area (Å²) in [4.78, 5) is 13.4. The molecule has 0 bridgehead atoms. The summed E-state index contributed by atoms with van der Waals surface area (Å²) in [7, 11) is 0. The van der Waals surface area contributed by atoms with Gasteiger partial charge in [0.15, 0.2) is 0 Å². The van der Waals surface area contributed by atoms with E-state index in [1.165, 1.54) is 0 Å². The number of rotatable bonds is 5. The van der Waals surface area contributed by atoms with Crippen LogP contribution in [0.4, 0.5) is 0 Å². The molecule has 1 unspecified atom stereocenters. The minimum Gasteiger partial charge on any atom is -0.422 e. The summed E-state index contributed by atoms with van der Waals surface area (Å²) in [6.07, 6.45) is 1.98. The molecule has 2 aliphatic carbocycles. The molecular weight excluding hydrogens is 368 g/mol. The van der Waals surface area contributed by atoms with Gasteiger partial charge < -0.3 is 19.4 Å². The average Bonchev–Trinajstić information content (AvgIpc) is 3.12. The van der Waals surface area contributed by atoms with Crippen molar-refractivity contribution >= 4 is 17.2 Å². The van der Waals surface area contributed by atoms with Gasteiger partial charge in [-0.25, -0.2) is 0 Å². The Hall–Kier alpha value is -2.52. The number of aliphatic hydroxyl groups is 1. The van der Waals surface area contributed by atoms with Crippen molar-refractivity contribution < 1.29 is 18.8 Å². The summed E-state index contributed by atoms with van der Waals surface area (Å²) in [5.41, 5.74) is 0.817. The molecule has 8 nitrogen and oxygen atoms in total. The number of nitrogens with zero attached hydrogens (tertiary/aromatic N) is 3. The zero-order chi connectivity index (χ0) is 18.6. The number of thiophene rings is 1. The summed E-state index contributed by atoms with van der Waals surface area (Å²) in [5, 5.41) is 26.4. The number of carbonyl (C=O) groups is 1. The Morgan fingerprint density at radius 3 is 2.96 bits per heavy atom. The molecule has 27 heavy (non-hydrogen) atoms. The van der Waals surface area contributed by atoms with Gasteiger partial charge in [-0.2, -0.15) is 0 Å². The van der Waals surface area contributed by atoms with Crippen molar-refractivity contribution in [3.63, 3.8) is 0 Å². The Balaban J connectivity index is 1.17. The van der Waals surface area contributed by atoms with E-state index in [0.29, 0.717) is 11.6 Å². The third-order valence-electron chi connectivity index (χ3n) is 5.45. The maximum absolute atomic E-state index is 12.4. The summed E-state index contributed by atoms with van der Waals surface area (Å²) in [6.45, 7) is 1.60. The molecule has 0 saturated heterocycles. The maximum Gasteiger partial charge on any atom is 0.290 e. The largest absolute Gasteiger partial charge is 0.422 e. The van der Waals surface area contributed by atoms with Crippen LogP contribution in [0.3, 0.4) is 0 Å². The minimum atomic E-state index is -0.754. The monoisotopic (exact) mass is 386 g/mol. The lowest BCUT2D eigenvalue weighted by Crippen LogP contribution is -2.45. The number of carbonyl (C=O) groups excluding carboxylic acids is 1. The number of nitrogens with one attached hydrogen (secondary N) is 1. The molecule has 2 fully saturated rings. The highest BCUT2D eigenvalue weighted by molar-refractivity contribution is 7.13. The van der Waals surface area contributed by atoms with Gasteiger partial charge >= 0.3 is 0 Å². The van der Waals surface area contributed by atoms with E-state index in [4.69, 9.17) is 8.94 Å². The van der Waals surface area contributed by atoms with Crippen LogP contribution in [0.5, 0.6) is 0 Å². The Morgan fingerprint density at radius 2 is 2.26 bits per heavy atom. The van der Waals surface area contributed by atoms with Crippen LogP contribution >= 0.6 is 11.3 Å². The van der Waals surface area contributed by atoms with Gasteiger partial charge in [0, 0.05) is 18.0 Å². The lowest BCUT2D eigenvalue weighted by molar-refractivity contribution is 0.0833. The number of aliphatic hydroxyl groups excluding tert-OH is 1. The van der Waals surface area contributed by atoms with Crippen molar-refractivity contribution in [3.8, 4) is 10.6 Å². The Morgan fingerprint density at radius 1 is 1.41 bits per heavy atom. The van der Waals surface area contributed by atoms with Gasteiger partial charge in [0.05, 0.1) is 4.88 Å². The first-order chi connectivity index (χ1) is 13.0. The Bertz CT molecular complexity index is 971. The van der Waals surface area contributed by atoms with Gasteiger partial charge in [-0.05, 0) is 43.0 Å². The van der Waals surface area contributed by atoms with Gasteiger partial charge in [0.25, 0.3) is 5.91 Å². The predicted octanol–water partition coefficient (Wildman–Crippen LogP) is 2.91. The molecule has 0 aromatic carbocycles.